The quantitative estimate of drug-likeness (QED) is 0.777. The highest BCUT2D eigenvalue weighted by molar-refractivity contribution is 5.78. The number of amides is 2. The van der Waals surface area contributed by atoms with Crippen molar-refractivity contribution in [2.75, 3.05) is 14.1 Å². The fraction of sp³-hybridized carbons (Fsp3) is 0.857. The lowest BCUT2D eigenvalue weighted by molar-refractivity contribution is -0.134. The molecule has 6 nitrogen and oxygen atoms in total. The van der Waals surface area contributed by atoms with Crippen LogP contribution in [0.1, 0.15) is 46.5 Å². The van der Waals surface area contributed by atoms with Crippen molar-refractivity contribution in [2.24, 2.45) is 5.92 Å². The summed E-state index contributed by atoms with van der Waals surface area (Å²) in [7, 11) is 3.49. The number of carboxylic acid groups (broad SMARTS) is 1. The highest BCUT2D eigenvalue weighted by atomic mass is 16.4. The fourth-order valence-electron chi connectivity index (χ4n) is 2.64. The molecule has 0 radical (unpaired) electrons. The maximum absolute atomic E-state index is 12.1. The van der Waals surface area contributed by atoms with Crippen molar-refractivity contribution < 1.29 is 14.7 Å². The van der Waals surface area contributed by atoms with Gasteiger partial charge in [0.15, 0.2) is 0 Å². The van der Waals surface area contributed by atoms with Crippen LogP contribution < -0.4 is 5.43 Å². The minimum Gasteiger partial charge on any atom is -0.464 e. The Morgan fingerprint density at radius 1 is 1.20 bits per heavy atom. The van der Waals surface area contributed by atoms with Crippen LogP contribution in [-0.2, 0) is 4.79 Å². The summed E-state index contributed by atoms with van der Waals surface area (Å²) in [6.45, 7) is 5.77. The van der Waals surface area contributed by atoms with Gasteiger partial charge >= 0.3 is 6.09 Å². The molecule has 0 spiro atoms. The van der Waals surface area contributed by atoms with Crippen LogP contribution in [-0.4, -0.2) is 52.7 Å². The Balaban J connectivity index is 2.77. The molecule has 1 aliphatic carbocycles. The van der Waals surface area contributed by atoms with E-state index in [2.05, 4.69) is 5.43 Å². The van der Waals surface area contributed by atoms with E-state index < -0.39 is 6.09 Å². The number of carbonyl (C=O) groups excluding carboxylic acids is 1. The lowest BCUT2D eigenvalue weighted by Crippen LogP contribution is -2.57. The van der Waals surface area contributed by atoms with E-state index in [9.17, 15) is 14.7 Å². The third-order valence-corrected chi connectivity index (χ3v) is 3.46. The summed E-state index contributed by atoms with van der Waals surface area (Å²) in [6.07, 6.45) is 2.13. The Morgan fingerprint density at radius 3 is 2.25 bits per heavy atom. The van der Waals surface area contributed by atoms with Gasteiger partial charge in [0.05, 0.1) is 6.04 Å². The monoisotopic (exact) mass is 285 g/mol. The smallest absolute Gasteiger partial charge is 0.422 e. The maximum Gasteiger partial charge on any atom is 0.422 e. The average Bonchev–Trinajstić information content (AvgIpc) is 2.33. The zero-order chi connectivity index (χ0) is 15.5. The van der Waals surface area contributed by atoms with Gasteiger partial charge in [-0.3, -0.25) is 4.79 Å². The Hall–Kier alpha value is -1.30. The van der Waals surface area contributed by atoms with E-state index in [-0.39, 0.29) is 23.4 Å². The first-order valence-corrected chi connectivity index (χ1v) is 7.13. The van der Waals surface area contributed by atoms with Gasteiger partial charge in [-0.15, -0.1) is 0 Å². The summed E-state index contributed by atoms with van der Waals surface area (Å²) in [4.78, 5) is 25.1. The molecular formula is C14H27N3O3. The van der Waals surface area contributed by atoms with Crippen molar-refractivity contribution >= 4 is 12.0 Å². The maximum atomic E-state index is 12.1. The largest absolute Gasteiger partial charge is 0.464 e. The molecule has 2 amide bonds. The number of hydrogen-bond acceptors (Lipinski definition) is 3. The first-order chi connectivity index (χ1) is 9.11. The zero-order valence-electron chi connectivity index (χ0n) is 13.1. The molecule has 2 atom stereocenters. The van der Waals surface area contributed by atoms with Crippen molar-refractivity contribution in [2.45, 2.75) is 58.0 Å². The van der Waals surface area contributed by atoms with Gasteiger partial charge in [-0.2, -0.15) is 0 Å². The van der Waals surface area contributed by atoms with Crippen molar-refractivity contribution in [1.29, 1.82) is 0 Å². The molecule has 0 aromatic rings. The van der Waals surface area contributed by atoms with E-state index in [1.165, 1.54) is 5.01 Å². The molecule has 0 aromatic heterocycles. The molecule has 0 aromatic carbocycles. The van der Waals surface area contributed by atoms with Gasteiger partial charge in [0.1, 0.15) is 0 Å². The topological polar surface area (TPSA) is 72.9 Å². The molecular weight excluding hydrogens is 258 g/mol. The molecule has 0 heterocycles. The minimum atomic E-state index is -0.983. The third-order valence-electron chi connectivity index (χ3n) is 3.46. The van der Waals surface area contributed by atoms with Gasteiger partial charge in [-0.1, -0.05) is 6.42 Å². The molecule has 0 saturated heterocycles. The second kappa shape index (κ2) is 6.43. The van der Waals surface area contributed by atoms with Crippen LogP contribution >= 0.6 is 0 Å². The lowest BCUT2D eigenvalue weighted by Gasteiger charge is -2.39. The van der Waals surface area contributed by atoms with Gasteiger partial charge in [0, 0.05) is 25.6 Å². The second-order valence-corrected chi connectivity index (χ2v) is 6.76. The van der Waals surface area contributed by atoms with Gasteiger partial charge in [0.2, 0.25) is 5.91 Å². The van der Waals surface area contributed by atoms with Crippen LogP contribution in [0.5, 0.6) is 0 Å². The Bertz CT molecular complexity index is 363. The molecule has 0 aliphatic heterocycles. The van der Waals surface area contributed by atoms with E-state index in [0.717, 1.165) is 19.3 Å². The van der Waals surface area contributed by atoms with E-state index >= 15 is 0 Å². The van der Waals surface area contributed by atoms with Gasteiger partial charge in [-0.25, -0.2) is 15.2 Å². The SMILES string of the molecule is CN(C)C(=O)[C@H]1CCCC(N(NC(C)(C)C)C(=O)O)C1. The number of hydrazine groups is 1. The third kappa shape index (κ3) is 4.67. The first-order valence-electron chi connectivity index (χ1n) is 7.13. The van der Waals surface area contributed by atoms with Crippen LogP contribution in [0.4, 0.5) is 4.79 Å². The molecule has 1 rings (SSSR count). The highest BCUT2D eigenvalue weighted by Gasteiger charge is 2.34. The number of carbonyl (C=O) groups is 2. The van der Waals surface area contributed by atoms with Crippen molar-refractivity contribution in [1.82, 2.24) is 15.3 Å². The Kier molecular flexibility index (Phi) is 5.39. The van der Waals surface area contributed by atoms with E-state index in [1.807, 2.05) is 20.8 Å². The van der Waals surface area contributed by atoms with Gasteiger partial charge in [0.25, 0.3) is 0 Å². The van der Waals surface area contributed by atoms with Crippen molar-refractivity contribution in [3.05, 3.63) is 0 Å². The molecule has 6 heteroatoms. The van der Waals surface area contributed by atoms with Gasteiger partial charge < -0.3 is 10.0 Å². The predicted molar refractivity (Wildman–Crippen MR) is 77.2 cm³/mol. The number of rotatable bonds is 3. The first kappa shape index (κ1) is 16.8. The zero-order valence-corrected chi connectivity index (χ0v) is 13.1. The molecule has 116 valence electrons. The summed E-state index contributed by atoms with van der Waals surface area (Å²) in [5, 5.41) is 10.7. The van der Waals surface area contributed by atoms with Gasteiger partial charge in [-0.05, 0) is 40.0 Å². The summed E-state index contributed by atoms with van der Waals surface area (Å²) in [5.41, 5.74) is 2.70. The Labute approximate surface area is 121 Å². The molecule has 1 unspecified atom stereocenters. The van der Waals surface area contributed by atoms with Crippen LogP contribution in [0.3, 0.4) is 0 Å². The second-order valence-electron chi connectivity index (χ2n) is 6.76. The molecule has 1 saturated carbocycles. The normalized spacial score (nSPS) is 23.2. The van der Waals surface area contributed by atoms with Crippen molar-refractivity contribution in [3.8, 4) is 0 Å². The van der Waals surface area contributed by atoms with Crippen LogP contribution in [0.2, 0.25) is 0 Å². The predicted octanol–water partition coefficient (Wildman–Crippen LogP) is 1.92. The van der Waals surface area contributed by atoms with Crippen LogP contribution in [0, 0.1) is 5.92 Å². The van der Waals surface area contributed by atoms with Crippen molar-refractivity contribution in [3.63, 3.8) is 0 Å². The minimum absolute atomic E-state index is 0.0765. The molecule has 0 bridgehead atoms. The molecule has 1 fully saturated rings. The molecule has 1 aliphatic rings. The van der Waals surface area contributed by atoms with Crippen LogP contribution in [0.15, 0.2) is 0 Å². The number of nitrogens with one attached hydrogen (secondary N) is 1. The standard InChI is InChI=1S/C14H27N3O3/c1-14(2,3)15-17(13(19)20)11-8-6-7-10(9-11)12(18)16(4)5/h10-11,15H,6-9H2,1-5H3,(H,19,20)/t10-,11?/m0/s1. The summed E-state index contributed by atoms with van der Waals surface area (Å²) >= 11 is 0. The summed E-state index contributed by atoms with van der Waals surface area (Å²) < 4.78 is 0. The van der Waals surface area contributed by atoms with Crippen LogP contribution in [0.25, 0.3) is 0 Å². The van der Waals surface area contributed by atoms with E-state index in [0.29, 0.717) is 6.42 Å². The van der Waals surface area contributed by atoms with E-state index in [1.54, 1.807) is 19.0 Å². The fourth-order valence-corrected chi connectivity index (χ4v) is 2.64. The highest BCUT2D eigenvalue weighted by Crippen LogP contribution is 2.28. The Morgan fingerprint density at radius 2 is 1.80 bits per heavy atom. The number of nitrogens with zero attached hydrogens (tertiary/aromatic N) is 2. The summed E-state index contributed by atoms with van der Waals surface area (Å²) in [6, 6.07) is -0.144. The molecule has 20 heavy (non-hydrogen) atoms. The number of hydrogen-bond donors (Lipinski definition) is 2. The average molecular weight is 285 g/mol. The molecule has 2 N–H and O–H groups in total. The summed E-state index contributed by atoms with van der Waals surface area (Å²) in [5.74, 6) is 0.0168. The van der Waals surface area contributed by atoms with E-state index in [4.69, 9.17) is 0 Å². The lowest BCUT2D eigenvalue weighted by atomic mass is 9.84.